The number of carbonyl (C=O) groups excluding carboxylic acids is 1. The third-order valence-corrected chi connectivity index (χ3v) is 2.72. The van der Waals surface area contributed by atoms with Crippen LogP contribution in [0.25, 0.3) is 0 Å². The Kier molecular flexibility index (Phi) is 3.66. The zero-order chi connectivity index (χ0) is 12.1. The second-order valence-corrected chi connectivity index (χ2v) is 3.87. The van der Waals surface area contributed by atoms with Crippen molar-refractivity contribution in [2.45, 2.75) is 11.6 Å². The van der Waals surface area contributed by atoms with Crippen molar-refractivity contribution < 1.29 is 4.79 Å². The van der Waals surface area contributed by atoms with Crippen molar-refractivity contribution in [3.8, 4) is 0 Å². The number of aromatic amines is 1. The Balaban J connectivity index is 2.04. The Morgan fingerprint density at radius 1 is 1.59 bits per heavy atom. The average molecular weight is 250 g/mol. The Morgan fingerprint density at radius 2 is 2.47 bits per heavy atom. The summed E-state index contributed by atoms with van der Waals surface area (Å²) in [6.45, 7) is 0.234. The molecule has 2 aromatic rings. The molecule has 0 saturated heterocycles. The van der Waals surface area contributed by atoms with Gasteiger partial charge in [-0.15, -0.1) is 22.0 Å². The number of tetrazole rings is 1. The molecule has 88 valence electrons. The lowest BCUT2D eigenvalue weighted by molar-refractivity contribution is 0.0946. The molecule has 0 bridgehead atoms. The van der Waals surface area contributed by atoms with Gasteiger partial charge < -0.3 is 5.32 Å². The van der Waals surface area contributed by atoms with E-state index in [1.165, 1.54) is 11.8 Å². The van der Waals surface area contributed by atoms with Crippen LogP contribution in [-0.2, 0) is 6.54 Å². The van der Waals surface area contributed by atoms with Crippen LogP contribution in [0.1, 0.15) is 16.2 Å². The maximum absolute atomic E-state index is 11.9. The van der Waals surface area contributed by atoms with E-state index in [4.69, 9.17) is 0 Å². The molecule has 0 spiro atoms. The van der Waals surface area contributed by atoms with Gasteiger partial charge in [0.05, 0.1) is 12.1 Å². The number of hydrogen-bond donors (Lipinski definition) is 2. The first-order chi connectivity index (χ1) is 8.31. The number of H-pyrrole nitrogens is 1. The van der Waals surface area contributed by atoms with Crippen LogP contribution in [0.3, 0.4) is 0 Å². The van der Waals surface area contributed by atoms with Gasteiger partial charge in [0.1, 0.15) is 5.03 Å². The van der Waals surface area contributed by atoms with Gasteiger partial charge >= 0.3 is 0 Å². The highest BCUT2D eigenvalue weighted by atomic mass is 32.2. The van der Waals surface area contributed by atoms with E-state index in [9.17, 15) is 4.79 Å². The van der Waals surface area contributed by atoms with Crippen LogP contribution < -0.4 is 5.32 Å². The van der Waals surface area contributed by atoms with Crippen LogP contribution >= 0.6 is 11.8 Å². The maximum atomic E-state index is 11.9. The van der Waals surface area contributed by atoms with E-state index in [0.717, 1.165) is 0 Å². The second kappa shape index (κ2) is 5.39. The highest BCUT2D eigenvalue weighted by molar-refractivity contribution is 7.98. The maximum Gasteiger partial charge on any atom is 0.254 e. The highest BCUT2D eigenvalue weighted by Crippen LogP contribution is 2.16. The zero-order valence-electron chi connectivity index (χ0n) is 9.04. The fourth-order valence-corrected chi connectivity index (χ4v) is 1.79. The topological polar surface area (TPSA) is 96.5 Å². The quantitative estimate of drug-likeness (QED) is 0.755. The lowest BCUT2D eigenvalue weighted by Crippen LogP contribution is -2.24. The number of amides is 1. The predicted octanol–water partition coefficient (Wildman–Crippen LogP) is 0.247. The monoisotopic (exact) mass is 250 g/mol. The summed E-state index contributed by atoms with van der Waals surface area (Å²) in [5, 5.41) is 16.6. The number of aromatic nitrogens is 5. The van der Waals surface area contributed by atoms with Crippen molar-refractivity contribution in [3.63, 3.8) is 0 Å². The smallest absolute Gasteiger partial charge is 0.254 e. The number of nitrogens with one attached hydrogen (secondary N) is 2. The third kappa shape index (κ3) is 2.78. The number of pyridine rings is 1. The summed E-state index contributed by atoms with van der Waals surface area (Å²) >= 11 is 1.43. The van der Waals surface area contributed by atoms with E-state index in [0.29, 0.717) is 16.4 Å². The van der Waals surface area contributed by atoms with Gasteiger partial charge in [0, 0.05) is 6.20 Å². The Morgan fingerprint density at radius 3 is 3.18 bits per heavy atom. The first-order valence-electron chi connectivity index (χ1n) is 4.81. The molecule has 1 amide bonds. The summed E-state index contributed by atoms with van der Waals surface area (Å²) in [5.74, 6) is 0.236. The molecular weight excluding hydrogens is 240 g/mol. The molecule has 0 atom stereocenters. The lowest BCUT2D eigenvalue weighted by Gasteiger charge is -2.05. The van der Waals surface area contributed by atoms with Crippen LogP contribution in [-0.4, -0.2) is 37.8 Å². The van der Waals surface area contributed by atoms with Crippen LogP contribution in [0.15, 0.2) is 23.4 Å². The fourth-order valence-electron chi connectivity index (χ4n) is 1.24. The summed E-state index contributed by atoms with van der Waals surface area (Å²) in [4.78, 5) is 16.0. The number of carbonyl (C=O) groups is 1. The minimum absolute atomic E-state index is 0.202. The van der Waals surface area contributed by atoms with Crippen molar-refractivity contribution in [2.75, 3.05) is 6.26 Å². The molecule has 0 saturated carbocycles. The number of rotatable bonds is 4. The van der Waals surface area contributed by atoms with Gasteiger partial charge in [0.25, 0.3) is 5.91 Å². The normalized spacial score (nSPS) is 10.2. The molecule has 2 N–H and O–H groups in total. The Labute approximate surface area is 101 Å². The number of thioether (sulfide) groups is 1. The van der Waals surface area contributed by atoms with Crippen LogP contribution in [0, 0.1) is 0 Å². The van der Waals surface area contributed by atoms with Crippen molar-refractivity contribution in [1.29, 1.82) is 0 Å². The van der Waals surface area contributed by atoms with Gasteiger partial charge in [-0.25, -0.2) is 4.98 Å². The number of hydrogen-bond acceptors (Lipinski definition) is 6. The fraction of sp³-hybridized carbons (Fsp3) is 0.222. The van der Waals surface area contributed by atoms with Crippen molar-refractivity contribution in [1.82, 2.24) is 30.9 Å². The summed E-state index contributed by atoms with van der Waals surface area (Å²) in [6.07, 6.45) is 3.53. The van der Waals surface area contributed by atoms with Crippen molar-refractivity contribution >= 4 is 17.7 Å². The summed E-state index contributed by atoms with van der Waals surface area (Å²) in [7, 11) is 0. The Bertz CT molecular complexity index is 500. The molecular formula is C9H10N6OS. The highest BCUT2D eigenvalue weighted by Gasteiger charge is 2.11. The molecule has 0 aliphatic carbocycles. The molecule has 2 heterocycles. The summed E-state index contributed by atoms with van der Waals surface area (Å²) in [6, 6.07) is 3.45. The SMILES string of the molecule is CSc1ncccc1C(=O)NCc1nn[nH]n1. The molecule has 0 aliphatic heterocycles. The average Bonchev–Trinajstić information content (AvgIpc) is 2.89. The predicted molar refractivity (Wildman–Crippen MR) is 61.4 cm³/mol. The van der Waals surface area contributed by atoms with E-state index in [1.54, 1.807) is 18.3 Å². The standard InChI is InChI=1S/C9H10N6OS/c1-17-9-6(3-2-4-10-9)8(16)11-5-7-12-14-15-13-7/h2-4H,5H2,1H3,(H,11,16)(H,12,13,14,15). The lowest BCUT2D eigenvalue weighted by atomic mass is 10.2. The minimum atomic E-state index is -0.202. The minimum Gasteiger partial charge on any atom is -0.345 e. The van der Waals surface area contributed by atoms with Gasteiger partial charge in [-0.05, 0) is 18.4 Å². The van der Waals surface area contributed by atoms with Gasteiger partial charge in [-0.1, -0.05) is 5.21 Å². The van der Waals surface area contributed by atoms with Crippen LogP contribution in [0.4, 0.5) is 0 Å². The third-order valence-electron chi connectivity index (χ3n) is 2.01. The first kappa shape index (κ1) is 11.5. The molecule has 17 heavy (non-hydrogen) atoms. The molecule has 0 aromatic carbocycles. The summed E-state index contributed by atoms with van der Waals surface area (Å²) in [5.41, 5.74) is 0.545. The molecule has 0 unspecified atom stereocenters. The van der Waals surface area contributed by atoms with Crippen molar-refractivity contribution in [3.05, 3.63) is 29.7 Å². The van der Waals surface area contributed by atoms with E-state index in [2.05, 4.69) is 30.9 Å². The van der Waals surface area contributed by atoms with E-state index in [-0.39, 0.29) is 12.5 Å². The van der Waals surface area contributed by atoms with E-state index < -0.39 is 0 Å². The molecule has 0 aliphatic rings. The molecule has 0 fully saturated rings. The van der Waals surface area contributed by atoms with Crippen molar-refractivity contribution in [2.24, 2.45) is 0 Å². The molecule has 7 nitrogen and oxygen atoms in total. The molecule has 0 radical (unpaired) electrons. The summed E-state index contributed by atoms with van der Waals surface area (Å²) < 4.78 is 0. The van der Waals surface area contributed by atoms with E-state index >= 15 is 0 Å². The van der Waals surface area contributed by atoms with Gasteiger partial charge in [0.15, 0.2) is 5.82 Å². The van der Waals surface area contributed by atoms with Gasteiger partial charge in [0.2, 0.25) is 0 Å². The zero-order valence-corrected chi connectivity index (χ0v) is 9.86. The first-order valence-corrected chi connectivity index (χ1v) is 6.03. The Hall–Kier alpha value is -1.96. The van der Waals surface area contributed by atoms with Gasteiger partial charge in [-0.3, -0.25) is 4.79 Å². The second-order valence-electron chi connectivity index (χ2n) is 3.07. The molecule has 8 heteroatoms. The molecule has 2 rings (SSSR count). The van der Waals surface area contributed by atoms with Gasteiger partial charge in [-0.2, -0.15) is 5.21 Å². The molecule has 2 aromatic heterocycles. The van der Waals surface area contributed by atoms with Crippen LogP contribution in [0.2, 0.25) is 0 Å². The van der Waals surface area contributed by atoms with Crippen LogP contribution in [0.5, 0.6) is 0 Å². The van der Waals surface area contributed by atoms with E-state index in [1.807, 2.05) is 6.26 Å². The largest absolute Gasteiger partial charge is 0.345 e. The number of nitrogens with zero attached hydrogens (tertiary/aromatic N) is 4.